The maximum atomic E-state index is 2.26. The normalized spacial score (nSPS) is 9.57. The molecule has 0 bridgehead atoms. The van der Waals surface area contributed by atoms with E-state index in [4.69, 9.17) is 0 Å². The van der Waals surface area contributed by atoms with E-state index in [-0.39, 0.29) is 22.8 Å². The van der Waals surface area contributed by atoms with E-state index in [0.717, 1.165) is 0 Å². The molecule has 0 saturated heterocycles. The molecule has 3 aromatic carbocycles. The van der Waals surface area contributed by atoms with Gasteiger partial charge in [-0.05, 0) is 0 Å². The zero-order valence-corrected chi connectivity index (χ0v) is 15.4. The lowest BCUT2D eigenvalue weighted by Crippen LogP contribution is -2.51. The van der Waals surface area contributed by atoms with Gasteiger partial charge >= 0.3 is 0 Å². The van der Waals surface area contributed by atoms with E-state index in [0.29, 0.717) is 0 Å². The SMILES string of the molecule is O.[AlH2].c1ccc([SiH](c2ccccc2)c2ccccc2)cc1. The molecule has 0 heterocycles. The first-order valence-electron chi connectivity index (χ1n) is 6.60. The monoisotopic (exact) mass is 307 g/mol. The minimum absolute atomic E-state index is 0. The molecule has 0 amide bonds. The number of benzene rings is 3. The van der Waals surface area contributed by atoms with Crippen molar-refractivity contribution in [3.05, 3.63) is 91.0 Å². The van der Waals surface area contributed by atoms with Crippen LogP contribution in [0.15, 0.2) is 91.0 Å². The fraction of sp³-hybridized carbons (Fsp3) is 0. The molecule has 0 unspecified atom stereocenters. The summed E-state index contributed by atoms with van der Waals surface area (Å²) in [6.45, 7) is 0. The van der Waals surface area contributed by atoms with Gasteiger partial charge in [-0.1, -0.05) is 107 Å². The summed E-state index contributed by atoms with van der Waals surface area (Å²) in [4.78, 5) is 0. The Balaban J connectivity index is 0.00000110. The van der Waals surface area contributed by atoms with Crippen molar-refractivity contribution in [3.8, 4) is 0 Å². The van der Waals surface area contributed by atoms with Gasteiger partial charge in [-0.3, -0.25) is 0 Å². The van der Waals surface area contributed by atoms with Crippen LogP contribution in [-0.4, -0.2) is 31.6 Å². The molecule has 2 N–H and O–H groups in total. The molecule has 3 rings (SSSR count). The van der Waals surface area contributed by atoms with Crippen molar-refractivity contribution >= 4 is 41.7 Å². The molecule has 105 valence electrons. The summed E-state index contributed by atoms with van der Waals surface area (Å²) in [5.41, 5.74) is 0. The average Bonchev–Trinajstić information content (AvgIpc) is 2.51. The first-order chi connectivity index (χ1) is 9.45. The summed E-state index contributed by atoms with van der Waals surface area (Å²) in [6.07, 6.45) is 0. The topological polar surface area (TPSA) is 31.5 Å². The lowest BCUT2D eigenvalue weighted by atomic mass is 10.3. The van der Waals surface area contributed by atoms with Crippen LogP contribution in [0.2, 0.25) is 0 Å². The van der Waals surface area contributed by atoms with Gasteiger partial charge in [0.05, 0.1) is 0 Å². The van der Waals surface area contributed by atoms with E-state index in [1.807, 2.05) is 0 Å². The van der Waals surface area contributed by atoms with Crippen LogP contribution in [0.3, 0.4) is 0 Å². The Morgan fingerprint density at radius 3 is 0.905 bits per heavy atom. The van der Waals surface area contributed by atoms with Crippen molar-refractivity contribution in [2.24, 2.45) is 0 Å². The van der Waals surface area contributed by atoms with E-state index in [9.17, 15) is 0 Å². The van der Waals surface area contributed by atoms with Crippen LogP contribution in [0.25, 0.3) is 0 Å². The minimum Gasteiger partial charge on any atom is -0.412 e. The van der Waals surface area contributed by atoms with Crippen molar-refractivity contribution in [2.75, 3.05) is 0 Å². The predicted octanol–water partition coefficient (Wildman–Crippen LogP) is 0.194. The lowest BCUT2D eigenvalue weighted by molar-refractivity contribution is 0.824. The van der Waals surface area contributed by atoms with E-state index < -0.39 is 8.80 Å². The highest BCUT2D eigenvalue weighted by atomic mass is 28.3. The minimum atomic E-state index is -1.31. The number of rotatable bonds is 3. The maximum absolute atomic E-state index is 2.26. The van der Waals surface area contributed by atoms with Gasteiger partial charge < -0.3 is 5.48 Å². The Bertz CT molecular complexity index is 535. The quantitative estimate of drug-likeness (QED) is 0.489. The summed E-state index contributed by atoms with van der Waals surface area (Å²) < 4.78 is 0. The van der Waals surface area contributed by atoms with Gasteiger partial charge in [0, 0.05) is 0 Å². The Kier molecular flexibility index (Phi) is 7.14. The number of hydrogen-bond acceptors (Lipinski definition) is 0. The third-order valence-corrected chi connectivity index (χ3v) is 6.55. The van der Waals surface area contributed by atoms with E-state index in [1.54, 1.807) is 0 Å². The molecule has 0 aromatic heterocycles. The summed E-state index contributed by atoms with van der Waals surface area (Å²) in [7, 11) is -1.31. The molecule has 3 aromatic rings. The summed E-state index contributed by atoms with van der Waals surface area (Å²) in [6, 6.07) is 32.7. The summed E-state index contributed by atoms with van der Waals surface area (Å²) in [5.74, 6) is 0. The molecule has 0 aliphatic rings. The molecule has 1 radical (unpaired) electrons. The number of hydrogen-bond donors (Lipinski definition) is 0. The molecule has 0 saturated carbocycles. The molecule has 0 atom stereocenters. The maximum Gasteiger partial charge on any atom is 0.146 e. The smallest absolute Gasteiger partial charge is 0.146 e. The lowest BCUT2D eigenvalue weighted by Gasteiger charge is -2.16. The van der Waals surface area contributed by atoms with E-state index in [2.05, 4.69) is 91.0 Å². The van der Waals surface area contributed by atoms with Crippen molar-refractivity contribution in [3.63, 3.8) is 0 Å². The second kappa shape index (κ2) is 8.61. The van der Waals surface area contributed by atoms with Crippen LogP contribution < -0.4 is 15.6 Å². The van der Waals surface area contributed by atoms with Crippen molar-refractivity contribution in [2.45, 2.75) is 0 Å². The molecule has 21 heavy (non-hydrogen) atoms. The van der Waals surface area contributed by atoms with Crippen LogP contribution in [0.1, 0.15) is 0 Å². The Morgan fingerprint density at radius 2 is 0.667 bits per heavy atom. The van der Waals surface area contributed by atoms with E-state index in [1.165, 1.54) is 15.6 Å². The highest BCUT2D eigenvalue weighted by Crippen LogP contribution is 1.95. The molecule has 0 aliphatic heterocycles. The van der Waals surface area contributed by atoms with Gasteiger partial charge in [-0.15, -0.1) is 0 Å². The van der Waals surface area contributed by atoms with Gasteiger partial charge in [0.25, 0.3) is 0 Å². The Hall–Kier alpha value is -1.63. The van der Waals surface area contributed by atoms with Crippen LogP contribution in [-0.2, 0) is 0 Å². The Morgan fingerprint density at radius 1 is 0.429 bits per heavy atom. The van der Waals surface area contributed by atoms with Crippen molar-refractivity contribution in [1.29, 1.82) is 0 Å². The molecule has 0 fully saturated rings. The zero-order valence-electron chi connectivity index (χ0n) is 12.2. The summed E-state index contributed by atoms with van der Waals surface area (Å²) >= 11 is 0. The van der Waals surface area contributed by atoms with Crippen LogP contribution >= 0.6 is 0 Å². The standard InChI is InChI=1S/C18H16Si.Al.H2O.2H/c1-4-10-16(11-5-1)19(17-12-6-2-7-13-17)18-14-8-3-9-15-18;;;;/h1-15,19H;;1H2;;. The van der Waals surface area contributed by atoms with Crippen LogP contribution in [0.5, 0.6) is 0 Å². The van der Waals surface area contributed by atoms with Gasteiger partial charge in [0.1, 0.15) is 26.2 Å². The fourth-order valence-electron chi connectivity index (χ4n) is 2.51. The molecule has 1 nitrogen and oxygen atoms in total. The second-order valence-electron chi connectivity index (χ2n) is 4.67. The van der Waals surface area contributed by atoms with Crippen molar-refractivity contribution < 1.29 is 5.48 Å². The van der Waals surface area contributed by atoms with Gasteiger partial charge in [0.15, 0.2) is 0 Å². The predicted molar refractivity (Wildman–Crippen MR) is 97.5 cm³/mol. The van der Waals surface area contributed by atoms with Gasteiger partial charge in [-0.2, -0.15) is 0 Å². The third kappa shape index (κ3) is 4.17. The zero-order chi connectivity index (χ0) is 12.9. The molecule has 0 spiro atoms. The molecular formula is C18H20AlOSi. The average molecular weight is 307 g/mol. The fourth-order valence-corrected chi connectivity index (χ4v) is 5.49. The molecule has 0 aliphatic carbocycles. The molecular weight excluding hydrogens is 287 g/mol. The first-order valence-corrected chi connectivity index (χ1v) is 8.33. The van der Waals surface area contributed by atoms with Gasteiger partial charge in [-0.25, -0.2) is 0 Å². The molecule has 3 heteroatoms. The van der Waals surface area contributed by atoms with E-state index >= 15 is 0 Å². The highest BCUT2D eigenvalue weighted by Gasteiger charge is 2.17. The first kappa shape index (κ1) is 17.4. The largest absolute Gasteiger partial charge is 0.412 e. The van der Waals surface area contributed by atoms with Crippen LogP contribution in [0, 0.1) is 0 Å². The third-order valence-electron chi connectivity index (χ3n) is 3.40. The Labute approximate surface area is 138 Å². The highest BCUT2D eigenvalue weighted by molar-refractivity contribution is 6.95. The van der Waals surface area contributed by atoms with Gasteiger partial charge in [0.2, 0.25) is 0 Å². The van der Waals surface area contributed by atoms with Crippen molar-refractivity contribution in [1.82, 2.24) is 0 Å². The summed E-state index contributed by atoms with van der Waals surface area (Å²) in [5, 5.41) is 4.42. The van der Waals surface area contributed by atoms with Crippen LogP contribution in [0.4, 0.5) is 0 Å². The second-order valence-corrected chi connectivity index (χ2v) is 7.53.